The number of carbonyl (C=O) groups is 1. The highest BCUT2D eigenvalue weighted by Crippen LogP contribution is 2.46. The highest BCUT2D eigenvalue weighted by atomic mass is 19.1. The third-order valence-electron chi connectivity index (χ3n) is 6.50. The second-order valence-corrected chi connectivity index (χ2v) is 9.88. The predicted octanol–water partition coefficient (Wildman–Crippen LogP) is 3.25. The van der Waals surface area contributed by atoms with E-state index in [1.165, 1.54) is 13.3 Å². The summed E-state index contributed by atoms with van der Waals surface area (Å²) in [5.74, 6) is -0.0554. The van der Waals surface area contributed by atoms with Crippen LogP contribution in [0.4, 0.5) is 9.18 Å². The fourth-order valence-corrected chi connectivity index (χ4v) is 4.67. The third-order valence-corrected chi connectivity index (χ3v) is 6.50. The van der Waals surface area contributed by atoms with Gasteiger partial charge in [0.15, 0.2) is 0 Å². The van der Waals surface area contributed by atoms with Gasteiger partial charge in [-0.1, -0.05) is 0 Å². The molecule has 9 heteroatoms. The summed E-state index contributed by atoms with van der Waals surface area (Å²) in [6, 6.07) is 3.01. The summed E-state index contributed by atoms with van der Waals surface area (Å²) in [4.78, 5) is 20.8. The van der Waals surface area contributed by atoms with E-state index in [-0.39, 0.29) is 6.42 Å². The quantitative estimate of drug-likeness (QED) is 0.726. The highest BCUT2D eigenvalue weighted by Gasteiger charge is 2.53. The number of pyridine rings is 2. The van der Waals surface area contributed by atoms with Gasteiger partial charge in [0.2, 0.25) is 5.88 Å². The molecule has 1 atom stereocenters. The maximum atomic E-state index is 14.8. The predicted molar refractivity (Wildman–Crippen MR) is 117 cm³/mol. The first-order chi connectivity index (χ1) is 15.0. The van der Waals surface area contributed by atoms with E-state index in [4.69, 9.17) is 19.9 Å². The summed E-state index contributed by atoms with van der Waals surface area (Å²) in [5.41, 5.74) is 6.48. The Balaban J connectivity index is 1.49. The van der Waals surface area contributed by atoms with Gasteiger partial charge in [-0.2, -0.15) is 0 Å². The number of carbonyl (C=O) groups excluding carboxylic acids is 1. The van der Waals surface area contributed by atoms with Crippen molar-refractivity contribution >= 4 is 17.1 Å². The molecule has 5 rings (SSSR count). The number of hydrogen-bond donors (Lipinski definition) is 2. The second kappa shape index (κ2) is 8.12. The summed E-state index contributed by atoms with van der Waals surface area (Å²) >= 11 is 0. The van der Waals surface area contributed by atoms with Crippen molar-refractivity contribution in [3.05, 3.63) is 29.7 Å². The number of rotatable bonds is 5. The first kappa shape index (κ1) is 22.7. The Bertz CT molecular complexity index is 998. The van der Waals surface area contributed by atoms with Gasteiger partial charge in [-0.15, -0.1) is 0 Å². The van der Waals surface area contributed by atoms with E-state index in [9.17, 15) is 9.18 Å². The fraction of sp³-hybridized carbons (Fsp3) is 0.609. The Morgan fingerprint density at radius 3 is 2.62 bits per heavy atom. The van der Waals surface area contributed by atoms with Crippen molar-refractivity contribution < 1.29 is 23.4 Å². The molecule has 2 aromatic heterocycles. The monoisotopic (exact) mass is 446 g/mol. The molecule has 174 valence electrons. The number of fused-ring (bicyclic) bond motifs is 4. The van der Waals surface area contributed by atoms with Crippen LogP contribution in [-0.4, -0.2) is 52.6 Å². The van der Waals surface area contributed by atoms with Crippen LogP contribution < -0.4 is 15.8 Å². The Labute approximate surface area is 187 Å². The van der Waals surface area contributed by atoms with Gasteiger partial charge >= 0.3 is 6.09 Å². The van der Waals surface area contributed by atoms with E-state index in [2.05, 4.69) is 15.3 Å². The first-order valence-corrected chi connectivity index (χ1v) is 10.9. The average Bonchev–Trinajstić information content (AvgIpc) is 2.75. The molecule has 0 spiro atoms. The zero-order valence-corrected chi connectivity index (χ0v) is 19.0. The Hall–Kier alpha value is -2.52. The normalized spacial score (nSPS) is 26.1. The molecule has 4 heterocycles. The maximum absolute atomic E-state index is 14.8. The van der Waals surface area contributed by atoms with Gasteiger partial charge in [-0.05, 0) is 58.9 Å². The molecule has 1 saturated carbocycles. The zero-order chi connectivity index (χ0) is 23.1. The van der Waals surface area contributed by atoms with E-state index in [0.29, 0.717) is 41.9 Å². The van der Waals surface area contributed by atoms with Crippen molar-refractivity contribution in [2.45, 2.75) is 75.7 Å². The number of ether oxygens (including phenoxy) is 3. The van der Waals surface area contributed by atoms with E-state index in [0.717, 1.165) is 12.8 Å². The van der Waals surface area contributed by atoms with E-state index in [1.807, 2.05) is 20.8 Å². The standard InChI is InChI=1S/C23H31FN4O4/c1-21(2,3)32-20(29)28-22-7-9-23(10-8-22,31-13-22)17(25)11-14-15(24)12-26-16-5-6-18(30-4)27-19(14)16/h5-6,12,17H,7-11,13,25H2,1-4H3,(H,28,29). The summed E-state index contributed by atoms with van der Waals surface area (Å²) in [6.07, 6.45) is 3.82. The van der Waals surface area contributed by atoms with Crippen molar-refractivity contribution in [1.82, 2.24) is 15.3 Å². The zero-order valence-electron chi connectivity index (χ0n) is 19.0. The highest BCUT2D eigenvalue weighted by molar-refractivity contribution is 5.78. The van der Waals surface area contributed by atoms with Crippen molar-refractivity contribution in [2.75, 3.05) is 13.7 Å². The minimum Gasteiger partial charge on any atom is -0.481 e. The van der Waals surface area contributed by atoms with Crippen LogP contribution in [0.15, 0.2) is 18.3 Å². The molecule has 1 amide bonds. The van der Waals surface area contributed by atoms with Gasteiger partial charge in [0.25, 0.3) is 0 Å². The molecule has 3 aliphatic rings. The number of nitrogens with zero attached hydrogens (tertiary/aromatic N) is 2. The van der Waals surface area contributed by atoms with Crippen LogP contribution in [0.1, 0.15) is 52.0 Å². The molecule has 1 unspecified atom stereocenters. The Morgan fingerprint density at radius 1 is 1.31 bits per heavy atom. The van der Waals surface area contributed by atoms with Crippen molar-refractivity contribution in [1.29, 1.82) is 0 Å². The third kappa shape index (κ3) is 4.36. The number of methoxy groups -OCH3 is 1. The molecule has 3 fully saturated rings. The van der Waals surface area contributed by atoms with Crippen LogP contribution in [-0.2, 0) is 15.9 Å². The summed E-state index contributed by atoms with van der Waals surface area (Å²) in [7, 11) is 1.51. The summed E-state index contributed by atoms with van der Waals surface area (Å²) in [5, 5.41) is 3.01. The Kier molecular flexibility index (Phi) is 5.75. The largest absolute Gasteiger partial charge is 0.481 e. The minimum atomic E-state index is -0.571. The van der Waals surface area contributed by atoms with Gasteiger partial charge in [-0.25, -0.2) is 14.2 Å². The van der Waals surface area contributed by atoms with Crippen molar-refractivity contribution in [3.63, 3.8) is 0 Å². The van der Waals surface area contributed by atoms with Crippen LogP contribution in [0.5, 0.6) is 5.88 Å². The molecular weight excluding hydrogens is 415 g/mol. The van der Waals surface area contributed by atoms with Gasteiger partial charge in [0.05, 0.1) is 42.1 Å². The van der Waals surface area contributed by atoms with Crippen LogP contribution in [0, 0.1) is 5.82 Å². The van der Waals surface area contributed by atoms with E-state index in [1.54, 1.807) is 12.1 Å². The molecule has 0 aromatic carbocycles. The fourth-order valence-electron chi connectivity index (χ4n) is 4.67. The van der Waals surface area contributed by atoms with Crippen molar-refractivity contribution in [3.8, 4) is 5.88 Å². The number of aromatic nitrogens is 2. The van der Waals surface area contributed by atoms with E-state index < -0.39 is 34.7 Å². The van der Waals surface area contributed by atoms with Gasteiger partial charge in [0.1, 0.15) is 11.4 Å². The molecule has 2 saturated heterocycles. The summed E-state index contributed by atoms with van der Waals surface area (Å²) < 4.78 is 31.6. The minimum absolute atomic E-state index is 0.261. The second-order valence-electron chi connectivity index (χ2n) is 9.88. The lowest BCUT2D eigenvalue weighted by molar-refractivity contribution is -0.171. The van der Waals surface area contributed by atoms with Crippen LogP contribution in [0.25, 0.3) is 11.0 Å². The molecule has 32 heavy (non-hydrogen) atoms. The number of nitrogens with two attached hydrogens (primary N) is 1. The SMILES string of the molecule is COc1ccc2ncc(F)c(CC(N)C34CCC(NC(=O)OC(C)(C)C)(CC3)CO4)c2n1. The topological polar surface area (TPSA) is 109 Å². The van der Waals surface area contributed by atoms with Gasteiger partial charge in [0, 0.05) is 17.7 Å². The molecular formula is C23H31FN4O4. The van der Waals surface area contributed by atoms with E-state index >= 15 is 0 Å². The smallest absolute Gasteiger partial charge is 0.408 e. The molecule has 1 aliphatic carbocycles. The van der Waals surface area contributed by atoms with Gasteiger partial charge in [-0.3, -0.25) is 4.98 Å². The number of alkyl carbamates (subject to hydrolysis) is 1. The van der Waals surface area contributed by atoms with Gasteiger partial charge < -0.3 is 25.3 Å². The van der Waals surface area contributed by atoms with Crippen LogP contribution in [0.3, 0.4) is 0 Å². The van der Waals surface area contributed by atoms with Crippen molar-refractivity contribution in [2.24, 2.45) is 5.73 Å². The molecule has 2 bridgehead atoms. The first-order valence-electron chi connectivity index (χ1n) is 10.9. The number of amides is 1. The molecule has 2 aromatic rings. The lowest BCUT2D eigenvalue weighted by Gasteiger charge is -2.55. The average molecular weight is 447 g/mol. The lowest BCUT2D eigenvalue weighted by atomic mass is 9.67. The molecule has 2 aliphatic heterocycles. The molecule has 3 N–H and O–H groups in total. The summed E-state index contributed by atoms with van der Waals surface area (Å²) in [6.45, 7) is 5.85. The number of halogens is 1. The molecule has 8 nitrogen and oxygen atoms in total. The lowest BCUT2D eigenvalue weighted by Crippen LogP contribution is -2.67. The Morgan fingerprint density at radius 2 is 2.03 bits per heavy atom. The number of nitrogens with one attached hydrogen (secondary N) is 1. The maximum Gasteiger partial charge on any atom is 0.408 e. The van der Waals surface area contributed by atoms with Crippen LogP contribution >= 0.6 is 0 Å². The van der Waals surface area contributed by atoms with Crippen LogP contribution in [0.2, 0.25) is 0 Å². The molecule has 0 radical (unpaired) electrons. The number of hydrogen-bond acceptors (Lipinski definition) is 7.